The Labute approximate surface area is 276 Å². The molecule has 1 unspecified atom stereocenters. The van der Waals surface area contributed by atoms with Crippen molar-refractivity contribution in [1.82, 2.24) is 10.2 Å². The molecule has 0 aromatic rings. The normalized spacial score (nSPS) is 45.9. The van der Waals surface area contributed by atoms with Crippen molar-refractivity contribution < 1.29 is 33.6 Å². The van der Waals surface area contributed by atoms with Crippen molar-refractivity contribution in [1.29, 1.82) is 0 Å². The standard InChI is InChI=1S/C37H57N2O7/c1-21(2)28(46-31(41)38-8)23-19-22(3)27-29(44-23)30(40)35(7)25-10-9-24-33(4,5)26(45-32(42)39-15-17-43-18-16-39)11-12-36(24)20-37(25,36)14-13-34(27,35)6/h21-22,24,26-28,30,40H,9-20H2,1-8H3,(H,38,41)/t22-,24+,26?,27+,28-,30+,34-,35-,36-,37+/m1/s1. The second-order valence-corrected chi connectivity index (χ2v) is 17.3. The number of aliphatic hydroxyl groups excluding tert-OH is 1. The lowest BCUT2D eigenvalue weighted by Gasteiger charge is -2.63. The molecule has 2 amide bonds. The van der Waals surface area contributed by atoms with Crippen molar-refractivity contribution >= 4 is 12.2 Å². The van der Waals surface area contributed by atoms with E-state index >= 15 is 0 Å². The summed E-state index contributed by atoms with van der Waals surface area (Å²) in [5.74, 6) is 2.52. The zero-order valence-electron chi connectivity index (χ0n) is 29.4. The van der Waals surface area contributed by atoms with Crippen molar-refractivity contribution in [2.24, 2.45) is 50.7 Å². The smallest absolute Gasteiger partial charge is 0.410 e. The summed E-state index contributed by atoms with van der Waals surface area (Å²) in [4.78, 5) is 27.2. The molecule has 10 atom stereocenters. The maximum atomic E-state index is 13.2. The molecule has 2 heterocycles. The van der Waals surface area contributed by atoms with Gasteiger partial charge in [-0.25, -0.2) is 9.59 Å². The number of amides is 2. The van der Waals surface area contributed by atoms with Crippen LogP contribution >= 0.6 is 0 Å². The van der Waals surface area contributed by atoms with Gasteiger partial charge in [0.05, 0.1) is 19.3 Å². The monoisotopic (exact) mass is 641 g/mol. The lowest BCUT2D eigenvalue weighted by Crippen LogP contribution is -2.59. The second kappa shape index (κ2) is 11.0. The van der Waals surface area contributed by atoms with Crippen LogP contribution in [0.2, 0.25) is 0 Å². The largest absolute Gasteiger partial charge is 0.446 e. The number of carbonyl (C=O) groups excluding carboxylic acids is 2. The zero-order chi connectivity index (χ0) is 33.0. The predicted molar refractivity (Wildman–Crippen MR) is 172 cm³/mol. The van der Waals surface area contributed by atoms with Crippen molar-refractivity contribution in [2.45, 2.75) is 118 Å². The van der Waals surface area contributed by atoms with Crippen molar-refractivity contribution in [3.05, 3.63) is 18.1 Å². The van der Waals surface area contributed by atoms with E-state index < -0.39 is 18.3 Å². The summed E-state index contributed by atoms with van der Waals surface area (Å²) >= 11 is 0. The topological polar surface area (TPSA) is 107 Å². The molecule has 5 aliphatic carbocycles. The van der Waals surface area contributed by atoms with Crippen LogP contribution in [0.5, 0.6) is 0 Å². The first kappa shape index (κ1) is 32.9. The summed E-state index contributed by atoms with van der Waals surface area (Å²) in [5.41, 5.74) is -0.274. The molecule has 2 saturated heterocycles. The van der Waals surface area contributed by atoms with Gasteiger partial charge in [-0.1, -0.05) is 48.5 Å². The van der Waals surface area contributed by atoms with E-state index in [0.29, 0.717) is 32.2 Å². The van der Waals surface area contributed by atoms with E-state index in [1.807, 2.05) is 13.8 Å². The van der Waals surface area contributed by atoms with Crippen LogP contribution in [0.25, 0.3) is 0 Å². The van der Waals surface area contributed by atoms with E-state index in [2.05, 4.69) is 39.9 Å². The molecule has 9 nitrogen and oxygen atoms in total. The van der Waals surface area contributed by atoms with Gasteiger partial charge < -0.3 is 34.3 Å². The minimum absolute atomic E-state index is 0.0505. The van der Waals surface area contributed by atoms with Crippen molar-refractivity contribution in [2.75, 3.05) is 33.4 Å². The number of rotatable bonds is 4. The van der Waals surface area contributed by atoms with Gasteiger partial charge in [-0.15, -0.1) is 0 Å². The molecule has 0 aromatic carbocycles. The van der Waals surface area contributed by atoms with Crippen LogP contribution < -0.4 is 5.32 Å². The van der Waals surface area contributed by atoms with Gasteiger partial charge in [0, 0.05) is 36.9 Å². The van der Waals surface area contributed by atoms with Crippen LogP contribution in [0.3, 0.4) is 0 Å². The molecule has 2 N–H and O–H groups in total. The SMILES string of the molecule is CNC(=O)O[C@@H]([C]1C[C@@H](C)[C@H]2[C](O1)[C@H](O)[C@@]1(C)[C]3CC[C@H]4C(C)(C)C(OC(=O)N5CCOCC5)CC[C@@]45C[C@@]35CC[C@]21C)C(C)C. The predicted octanol–water partition coefficient (Wildman–Crippen LogP) is 6.30. The number of nitrogens with zero attached hydrogens (tertiary/aromatic N) is 1. The average molecular weight is 642 g/mol. The third kappa shape index (κ3) is 4.28. The highest BCUT2D eigenvalue weighted by Gasteiger charge is 2.85. The summed E-state index contributed by atoms with van der Waals surface area (Å²) in [6.07, 6.45) is 7.82. The molecule has 0 bridgehead atoms. The first-order valence-corrected chi connectivity index (χ1v) is 18.0. The molecular weight excluding hydrogens is 584 g/mol. The number of alkyl carbamates (subject to hydrolysis) is 1. The number of morpholine rings is 1. The maximum Gasteiger partial charge on any atom is 0.410 e. The molecular formula is C37H57N2O7. The second-order valence-electron chi connectivity index (χ2n) is 17.3. The number of carbonyl (C=O) groups is 2. The molecule has 9 heteroatoms. The number of hydrogen-bond acceptors (Lipinski definition) is 7. The van der Waals surface area contributed by atoms with E-state index in [4.69, 9.17) is 18.9 Å². The van der Waals surface area contributed by atoms with Gasteiger partial charge in [0.15, 0.2) is 0 Å². The van der Waals surface area contributed by atoms with Crippen molar-refractivity contribution in [3.8, 4) is 0 Å². The average Bonchev–Trinajstić information content (AvgIpc) is 3.65. The van der Waals surface area contributed by atoms with Gasteiger partial charge in [0.1, 0.15) is 24.4 Å². The summed E-state index contributed by atoms with van der Waals surface area (Å²) < 4.78 is 24.3. The first-order chi connectivity index (χ1) is 21.7. The van der Waals surface area contributed by atoms with E-state index in [1.165, 1.54) is 6.42 Å². The van der Waals surface area contributed by atoms with Crippen LogP contribution in [-0.2, 0) is 18.9 Å². The third-order valence-electron chi connectivity index (χ3n) is 14.9. The molecule has 257 valence electrons. The van der Waals surface area contributed by atoms with Gasteiger partial charge in [-0.05, 0) is 91.3 Å². The Morgan fingerprint density at radius 3 is 2.46 bits per heavy atom. The Balaban J connectivity index is 1.13. The number of fused-ring (bicyclic) bond motifs is 4. The number of ether oxygens (including phenoxy) is 4. The Hall–Kier alpha value is -1.58. The molecule has 0 aromatic heterocycles. The van der Waals surface area contributed by atoms with Gasteiger partial charge in [-0.2, -0.15) is 0 Å². The molecule has 46 heavy (non-hydrogen) atoms. The number of nitrogens with one attached hydrogen (secondary N) is 1. The highest BCUT2D eigenvalue weighted by molar-refractivity contribution is 5.68. The fourth-order valence-electron chi connectivity index (χ4n) is 12.5. The molecule has 7 aliphatic rings. The lowest BCUT2D eigenvalue weighted by atomic mass is 9.41. The van der Waals surface area contributed by atoms with Crippen LogP contribution in [0.4, 0.5) is 9.59 Å². The highest BCUT2D eigenvalue weighted by atomic mass is 16.6. The lowest BCUT2D eigenvalue weighted by molar-refractivity contribution is -0.130. The fourth-order valence-corrected chi connectivity index (χ4v) is 12.5. The van der Waals surface area contributed by atoms with Crippen LogP contribution in [0, 0.1) is 68.9 Å². The number of hydrogen-bond donors (Lipinski definition) is 2. The van der Waals surface area contributed by atoms with Crippen LogP contribution in [0.15, 0.2) is 0 Å². The van der Waals surface area contributed by atoms with E-state index in [0.717, 1.165) is 57.2 Å². The summed E-state index contributed by atoms with van der Waals surface area (Å²) in [5, 5.41) is 15.1. The van der Waals surface area contributed by atoms with Crippen LogP contribution in [0.1, 0.15) is 99.8 Å². The molecule has 7 fully saturated rings. The zero-order valence-corrected chi connectivity index (χ0v) is 29.4. The van der Waals surface area contributed by atoms with E-state index in [9.17, 15) is 14.7 Å². The van der Waals surface area contributed by atoms with Gasteiger partial charge in [0.25, 0.3) is 0 Å². The summed E-state index contributed by atoms with van der Waals surface area (Å²) in [6, 6.07) is 0. The molecule has 7 rings (SSSR count). The summed E-state index contributed by atoms with van der Waals surface area (Å²) in [7, 11) is 1.57. The van der Waals surface area contributed by atoms with Crippen molar-refractivity contribution in [3.63, 3.8) is 0 Å². The highest BCUT2D eigenvalue weighted by Crippen LogP contribution is 2.90. The minimum Gasteiger partial charge on any atom is -0.446 e. The van der Waals surface area contributed by atoms with E-state index in [1.54, 1.807) is 17.9 Å². The molecule has 5 saturated carbocycles. The quantitative estimate of drug-likeness (QED) is 0.371. The van der Waals surface area contributed by atoms with Crippen LogP contribution in [-0.4, -0.2) is 73.9 Å². The fraction of sp³-hybridized carbons (Fsp3) is 0.865. The first-order valence-electron chi connectivity index (χ1n) is 18.0. The van der Waals surface area contributed by atoms with Gasteiger partial charge >= 0.3 is 12.2 Å². The molecule has 2 aliphatic heterocycles. The van der Waals surface area contributed by atoms with Gasteiger partial charge in [0.2, 0.25) is 0 Å². The Bertz CT molecular complexity index is 1220. The maximum absolute atomic E-state index is 13.2. The Kier molecular flexibility index (Phi) is 7.85. The Morgan fingerprint density at radius 1 is 1.07 bits per heavy atom. The number of aliphatic hydroxyl groups is 1. The third-order valence-corrected chi connectivity index (χ3v) is 14.9. The molecule has 3 radical (unpaired) electrons. The minimum atomic E-state index is -0.701. The summed E-state index contributed by atoms with van der Waals surface area (Å²) in [6.45, 7) is 18.2. The molecule has 2 spiro atoms. The Morgan fingerprint density at radius 2 is 1.78 bits per heavy atom. The van der Waals surface area contributed by atoms with Gasteiger partial charge in [-0.3, -0.25) is 0 Å². The van der Waals surface area contributed by atoms with E-state index in [-0.39, 0.29) is 57.0 Å².